The first kappa shape index (κ1) is 15.0. The van der Waals surface area contributed by atoms with Crippen molar-refractivity contribution >= 4 is 49.4 Å². The van der Waals surface area contributed by atoms with E-state index < -0.39 is 0 Å². The van der Waals surface area contributed by atoms with Gasteiger partial charge >= 0.3 is 0 Å². The van der Waals surface area contributed by atoms with Gasteiger partial charge in [-0.05, 0) is 34.1 Å². The van der Waals surface area contributed by atoms with Gasteiger partial charge in [-0.15, -0.1) is 0 Å². The molecular weight excluding hydrogens is 373 g/mol. The van der Waals surface area contributed by atoms with Crippen LogP contribution in [-0.2, 0) is 4.74 Å². The first-order valence-corrected chi connectivity index (χ1v) is 7.31. The fourth-order valence-electron chi connectivity index (χ4n) is 1.16. The van der Waals surface area contributed by atoms with Crippen molar-refractivity contribution in [2.75, 3.05) is 25.1 Å². The molecule has 0 fully saturated rings. The first-order valence-electron chi connectivity index (χ1n) is 5.02. The van der Waals surface area contributed by atoms with E-state index in [2.05, 4.69) is 37.2 Å². The number of ether oxygens (including phenoxy) is 1. The average molecular weight is 385 g/mol. The molecule has 17 heavy (non-hydrogen) atoms. The summed E-state index contributed by atoms with van der Waals surface area (Å²) in [6, 6.07) is 5.10. The summed E-state index contributed by atoms with van der Waals surface area (Å²) >= 11 is 12.4. The average Bonchev–Trinajstić information content (AvgIpc) is 2.32. The van der Waals surface area contributed by atoms with Crippen molar-refractivity contribution in [3.63, 3.8) is 0 Å². The van der Waals surface area contributed by atoms with Crippen LogP contribution in [0, 0.1) is 0 Å². The lowest BCUT2D eigenvalue weighted by Crippen LogP contribution is -2.27. The number of amides is 1. The number of hydrogen-bond donors (Lipinski definition) is 1. The van der Waals surface area contributed by atoms with Crippen LogP contribution in [0.1, 0.15) is 10.4 Å². The second-order valence-electron chi connectivity index (χ2n) is 3.18. The molecule has 1 aromatic rings. The minimum atomic E-state index is -0.165. The summed E-state index contributed by atoms with van der Waals surface area (Å²) in [5.41, 5.74) is 0.526. The van der Waals surface area contributed by atoms with Crippen molar-refractivity contribution in [1.82, 2.24) is 5.32 Å². The molecule has 0 saturated carbocycles. The van der Waals surface area contributed by atoms with Crippen LogP contribution >= 0.6 is 43.5 Å². The summed E-state index contributed by atoms with van der Waals surface area (Å²) < 4.78 is 5.95. The minimum Gasteiger partial charge on any atom is -0.379 e. The molecule has 1 amide bonds. The van der Waals surface area contributed by atoms with E-state index in [0.29, 0.717) is 30.3 Å². The summed E-state index contributed by atoms with van der Waals surface area (Å²) in [4.78, 5) is 11.8. The molecule has 0 aromatic heterocycles. The van der Waals surface area contributed by atoms with Gasteiger partial charge in [0, 0.05) is 21.4 Å². The van der Waals surface area contributed by atoms with Crippen molar-refractivity contribution < 1.29 is 9.53 Å². The topological polar surface area (TPSA) is 38.3 Å². The number of hydrogen-bond acceptors (Lipinski definition) is 2. The highest BCUT2D eigenvalue weighted by molar-refractivity contribution is 9.10. The third-order valence-corrected chi connectivity index (χ3v) is 3.18. The number of carbonyl (C=O) groups is 1. The van der Waals surface area contributed by atoms with Crippen LogP contribution in [0.3, 0.4) is 0 Å². The third kappa shape index (κ3) is 5.38. The van der Waals surface area contributed by atoms with Crippen LogP contribution in [0.5, 0.6) is 0 Å². The first-order chi connectivity index (χ1) is 8.15. The molecule has 0 aliphatic heterocycles. The van der Waals surface area contributed by atoms with Crippen LogP contribution in [0.2, 0.25) is 5.02 Å². The van der Waals surface area contributed by atoms with Crippen LogP contribution in [0.15, 0.2) is 22.7 Å². The maximum Gasteiger partial charge on any atom is 0.252 e. The largest absolute Gasteiger partial charge is 0.379 e. The summed E-state index contributed by atoms with van der Waals surface area (Å²) in [6.45, 7) is 1.61. The van der Waals surface area contributed by atoms with Gasteiger partial charge in [0.05, 0.1) is 18.8 Å². The van der Waals surface area contributed by atoms with E-state index >= 15 is 0 Å². The van der Waals surface area contributed by atoms with E-state index in [1.165, 1.54) is 0 Å². The molecule has 0 radical (unpaired) electrons. The predicted octanol–water partition coefficient (Wildman–Crippen LogP) is 3.24. The normalized spacial score (nSPS) is 10.3. The van der Waals surface area contributed by atoms with Crippen molar-refractivity contribution in [3.05, 3.63) is 33.3 Å². The Morgan fingerprint density at radius 3 is 2.88 bits per heavy atom. The van der Waals surface area contributed by atoms with Crippen LogP contribution in [0.25, 0.3) is 0 Å². The van der Waals surface area contributed by atoms with Gasteiger partial charge in [-0.2, -0.15) is 0 Å². The van der Waals surface area contributed by atoms with Gasteiger partial charge in [0.1, 0.15) is 0 Å². The maximum absolute atomic E-state index is 11.8. The Labute approximate surface area is 122 Å². The highest BCUT2D eigenvalue weighted by Crippen LogP contribution is 2.20. The third-order valence-electron chi connectivity index (χ3n) is 1.93. The molecule has 0 spiro atoms. The zero-order chi connectivity index (χ0) is 12.7. The van der Waals surface area contributed by atoms with Gasteiger partial charge in [-0.25, -0.2) is 0 Å². The minimum absolute atomic E-state index is 0.165. The molecule has 0 heterocycles. The Bertz CT molecular complexity index is 388. The number of nitrogens with one attached hydrogen (secondary N) is 1. The van der Waals surface area contributed by atoms with Gasteiger partial charge in [0.2, 0.25) is 0 Å². The van der Waals surface area contributed by atoms with E-state index in [1.54, 1.807) is 18.2 Å². The molecule has 0 saturated heterocycles. The van der Waals surface area contributed by atoms with Gasteiger partial charge in [-0.1, -0.05) is 27.5 Å². The Morgan fingerprint density at radius 1 is 1.41 bits per heavy atom. The number of alkyl halides is 1. The SMILES string of the molecule is O=C(NCCOCCBr)c1cc(Cl)ccc1Br. The second kappa shape index (κ2) is 8.08. The Hall–Kier alpha value is -0.100. The number of benzene rings is 1. The molecule has 1 N–H and O–H groups in total. The van der Waals surface area contributed by atoms with E-state index in [-0.39, 0.29) is 5.91 Å². The fourth-order valence-corrected chi connectivity index (χ4v) is 1.99. The van der Waals surface area contributed by atoms with E-state index in [0.717, 1.165) is 9.80 Å². The van der Waals surface area contributed by atoms with Crippen LogP contribution < -0.4 is 5.32 Å². The predicted molar refractivity (Wildman–Crippen MR) is 76.1 cm³/mol. The molecule has 1 rings (SSSR count). The second-order valence-corrected chi connectivity index (χ2v) is 5.27. The highest BCUT2D eigenvalue weighted by Gasteiger charge is 2.09. The van der Waals surface area contributed by atoms with Crippen molar-refractivity contribution in [1.29, 1.82) is 0 Å². The van der Waals surface area contributed by atoms with Crippen molar-refractivity contribution in [2.45, 2.75) is 0 Å². The van der Waals surface area contributed by atoms with Gasteiger partial charge < -0.3 is 10.1 Å². The lowest BCUT2D eigenvalue weighted by molar-refractivity contribution is 0.0923. The smallest absolute Gasteiger partial charge is 0.252 e. The number of carbonyl (C=O) groups excluding carboxylic acids is 1. The molecular formula is C11H12Br2ClNO2. The maximum atomic E-state index is 11.8. The zero-order valence-electron chi connectivity index (χ0n) is 9.01. The fraction of sp³-hybridized carbons (Fsp3) is 0.364. The van der Waals surface area contributed by atoms with Gasteiger partial charge in [0.15, 0.2) is 0 Å². The summed E-state index contributed by atoms with van der Waals surface area (Å²) in [6.07, 6.45) is 0. The zero-order valence-corrected chi connectivity index (χ0v) is 12.9. The summed E-state index contributed by atoms with van der Waals surface area (Å²) in [5, 5.41) is 4.09. The highest BCUT2D eigenvalue weighted by atomic mass is 79.9. The molecule has 0 atom stereocenters. The quantitative estimate of drug-likeness (QED) is 0.603. The van der Waals surface area contributed by atoms with E-state index in [4.69, 9.17) is 16.3 Å². The number of rotatable bonds is 6. The molecule has 94 valence electrons. The van der Waals surface area contributed by atoms with Crippen molar-refractivity contribution in [2.24, 2.45) is 0 Å². The Kier molecular flexibility index (Phi) is 7.11. The van der Waals surface area contributed by atoms with Gasteiger partial charge in [0.25, 0.3) is 5.91 Å². The standard InChI is InChI=1S/C11H12Br2ClNO2/c12-3-5-17-6-4-15-11(16)9-7-8(14)1-2-10(9)13/h1-2,7H,3-6H2,(H,15,16). The van der Waals surface area contributed by atoms with Crippen LogP contribution in [-0.4, -0.2) is 31.0 Å². The van der Waals surface area contributed by atoms with Gasteiger partial charge in [-0.3, -0.25) is 4.79 Å². The lowest BCUT2D eigenvalue weighted by Gasteiger charge is -2.07. The monoisotopic (exact) mass is 383 g/mol. The number of halogens is 3. The lowest BCUT2D eigenvalue weighted by atomic mass is 10.2. The molecule has 6 heteroatoms. The Morgan fingerprint density at radius 2 is 2.18 bits per heavy atom. The van der Waals surface area contributed by atoms with E-state index in [1.807, 2.05) is 0 Å². The Balaban J connectivity index is 2.44. The molecule has 1 aromatic carbocycles. The van der Waals surface area contributed by atoms with Crippen LogP contribution in [0.4, 0.5) is 0 Å². The molecule has 0 aliphatic carbocycles. The molecule has 0 aliphatic rings. The van der Waals surface area contributed by atoms with Crippen molar-refractivity contribution in [3.8, 4) is 0 Å². The summed E-state index contributed by atoms with van der Waals surface area (Å²) in [7, 11) is 0. The van der Waals surface area contributed by atoms with E-state index in [9.17, 15) is 4.79 Å². The summed E-state index contributed by atoms with van der Waals surface area (Å²) in [5.74, 6) is -0.165. The molecule has 3 nitrogen and oxygen atoms in total. The molecule has 0 unspecified atom stereocenters. The molecule has 0 bridgehead atoms.